The Bertz CT molecular complexity index is 909. The van der Waals surface area contributed by atoms with Gasteiger partial charge in [-0.05, 0) is 30.4 Å². The van der Waals surface area contributed by atoms with E-state index in [0.29, 0.717) is 12.5 Å². The van der Waals surface area contributed by atoms with E-state index in [4.69, 9.17) is 9.97 Å². The molecule has 0 aliphatic carbocycles. The number of aromatic nitrogens is 3. The van der Waals surface area contributed by atoms with Gasteiger partial charge >= 0.3 is 0 Å². The van der Waals surface area contributed by atoms with Gasteiger partial charge in [0.2, 0.25) is 0 Å². The van der Waals surface area contributed by atoms with Crippen molar-refractivity contribution in [3.8, 4) is 0 Å². The van der Waals surface area contributed by atoms with Crippen molar-refractivity contribution < 1.29 is 4.79 Å². The Morgan fingerprint density at radius 3 is 2.66 bits per heavy atom. The first-order valence-electron chi connectivity index (χ1n) is 10.4. The maximum atomic E-state index is 12.6. The van der Waals surface area contributed by atoms with E-state index in [2.05, 4.69) is 49.0 Å². The van der Waals surface area contributed by atoms with E-state index in [1.807, 2.05) is 6.92 Å². The van der Waals surface area contributed by atoms with E-state index in [1.54, 1.807) is 12.3 Å². The second kappa shape index (κ2) is 8.76. The third kappa shape index (κ3) is 4.83. The number of hydrogen-bond acceptors (Lipinski definition) is 5. The highest BCUT2D eigenvalue weighted by molar-refractivity contribution is 5.94. The first-order chi connectivity index (χ1) is 13.8. The van der Waals surface area contributed by atoms with Crippen LogP contribution in [-0.4, -0.2) is 40.0 Å². The number of aryl methyl sites for hydroxylation is 1. The summed E-state index contributed by atoms with van der Waals surface area (Å²) in [4.78, 5) is 39.0. The van der Waals surface area contributed by atoms with Gasteiger partial charge in [0.25, 0.3) is 11.5 Å². The molecule has 3 heterocycles. The van der Waals surface area contributed by atoms with Crippen molar-refractivity contribution in [1.82, 2.24) is 20.3 Å². The van der Waals surface area contributed by atoms with E-state index >= 15 is 0 Å². The molecule has 3 rings (SSSR count). The van der Waals surface area contributed by atoms with E-state index in [1.165, 1.54) is 0 Å². The van der Waals surface area contributed by atoms with Crippen molar-refractivity contribution in [1.29, 1.82) is 0 Å². The number of H-pyrrole nitrogens is 1. The molecule has 7 heteroatoms. The molecule has 2 aromatic heterocycles. The lowest BCUT2D eigenvalue weighted by molar-refractivity contribution is 0.0938. The number of rotatable bonds is 6. The summed E-state index contributed by atoms with van der Waals surface area (Å²) in [5.41, 5.74) is 1.79. The Morgan fingerprint density at radius 2 is 2.00 bits per heavy atom. The predicted molar refractivity (Wildman–Crippen MR) is 115 cm³/mol. The molecule has 1 fully saturated rings. The molecular weight excluding hydrogens is 366 g/mol. The molecule has 1 aliphatic heterocycles. The maximum Gasteiger partial charge on any atom is 0.260 e. The van der Waals surface area contributed by atoms with Crippen LogP contribution in [0.3, 0.4) is 0 Å². The van der Waals surface area contributed by atoms with Crippen molar-refractivity contribution in [2.75, 3.05) is 18.0 Å². The van der Waals surface area contributed by atoms with E-state index in [0.717, 1.165) is 42.3 Å². The third-order valence-corrected chi connectivity index (χ3v) is 5.32. The molecule has 0 aromatic carbocycles. The number of amides is 1. The molecule has 156 valence electrons. The van der Waals surface area contributed by atoms with Gasteiger partial charge in [-0.1, -0.05) is 34.6 Å². The number of nitrogens with one attached hydrogen (secondary N) is 2. The Morgan fingerprint density at radius 1 is 1.24 bits per heavy atom. The van der Waals surface area contributed by atoms with Gasteiger partial charge in [0.05, 0.1) is 0 Å². The SMILES string of the molecule is CCc1c[nH]c(=O)c(C(=O)N[C@H]2CCN(c3cc(C(C)C)nc(C(C)C)n3)C2)c1. The highest BCUT2D eigenvalue weighted by atomic mass is 16.2. The lowest BCUT2D eigenvalue weighted by Gasteiger charge is -2.21. The average Bonchev–Trinajstić information content (AvgIpc) is 3.16. The summed E-state index contributed by atoms with van der Waals surface area (Å²) in [5.74, 6) is 2.02. The highest BCUT2D eigenvalue weighted by Gasteiger charge is 2.27. The Kier molecular flexibility index (Phi) is 6.35. The summed E-state index contributed by atoms with van der Waals surface area (Å²) in [5, 5.41) is 3.02. The zero-order chi connectivity index (χ0) is 21.1. The van der Waals surface area contributed by atoms with Crippen LogP contribution in [0.1, 0.15) is 80.3 Å². The van der Waals surface area contributed by atoms with Gasteiger partial charge in [-0.25, -0.2) is 9.97 Å². The van der Waals surface area contributed by atoms with Gasteiger partial charge in [0.1, 0.15) is 17.2 Å². The minimum atomic E-state index is -0.353. The molecule has 1 atom stereocenters. The van der Waals surface area contributed by atoms with Crippen LogP contribution in [0.5, 0.6) is 0 Å². The second-order valence-electron chi connectivity index (χ2n) is 8.33. The highest BCUT2D eigenvalue weighted by Crippen LogP contribution is 2.24. The van der Waals surface area contributed by atoms with Crippen LogP contribution in [-0.2, 0) is 6.42 Å². The molecule has 0 unspecified atom stereocenters. The van der Waals surface area contributed by atoms with E-state index < -0.39 is 0 Å². The summed E-state index contributed by atoms with van der Waals surface area (Å²) in [7, 11) is 0. The molecule has 7 nitrogen and oxygen atoms in total. The summed E-state index contributed by atoms with van der Waals surface area (Å²) in [6, 6.07) is 3.71. The van der Waals surface area contributed by atoms with E-state index in [-0.39, 0.29) is 29.0 Å². The first kappa shape index (κ1) is 21.0. The van der Waals surface area contributed by atoms with Crippen LogP contribution >= 0.6 is 0 Å². The lowest BCUT2D eigenvalue weighted by atomic mass is 10.1. The molecule has 1 amide bonds. The van der Waals surface area contributed by atoms with Crippen molar-refractivity contribution in [2.24, 2.45) is 0 Å². The van der Waals surface area contributed by atoms with Gasteiger partial charge in [0, 0.05) is 43.0 Å². The first-order valence-corrected chi connectivity index (χ1v) is 10.4. The number of aromatic amines is 1. The summed E-state index contributed by atoms with van der Waals surface area (Å²) < 4.78 is 0. The van der Waals surface area contributed by atoms with Crippen LogP contribution in [0.15, 0.2) is 23.1 Å². The fourth-order valence-corrected chi connectivity index (χ4v) is 3.44. The van der Waals surface area contributed by atoms with Crippen molar-refractivity contribution >= 4 is 11.7 Å². The maximum absolute atomic E-state index is 12.6. The van der Waals surface area contributed by atoms with Crippen molar-refractivity contribution in [3.05, 3.63) is 51.3 Å². The van der Waals surface area contributed by atoms with Crippen molar-refractivity contribution in [2.45, 2.75) is 65.3 Å². The molecule has 1 saturated heterocycles. The Hall–Kier alpha value is -2.70. The molecule has 29 heavy (non-hydrogen) atoms. The number of carbonyl (C=O) groups is 1. The molecule has 1 aliphatic rings. The van der Waals surface area contributed by atoms with Crippen LogP contribution in [0.2, 0.25) is 0 Å². The fourth-order valence-electron chi connectivity index (χ4n) is 3.44. The molecular formula is C22H31N5O2. The summed E-state index contributed by atoms with van der Waals surface area (Å²) in [6.07, 6.45) is 3.23. The second-order valence-corrected chi connectivity index (χ2v) is 8.33. The number of anilines is 1. The van der Waals surface area contributed by atoms with Crippen molar-refractivity contribution in [3.63, 3.8) is 0 Å². The van der Waals surface area contributed by atoms with Gasteiger partial charge in [0.15, 0.2) is 0 Å². The van der Waals surface area contributed by atoms with Gasteiger partial charge in [-0.3, -0.25) is 9.59 Å². The van der Waals surface area contributed by atoms with Crippen LogP contribution in [0.25, 0.3) is 0 Å². The molecule has 2 aromatic rings. The number of pyridine rings is 1. The summed E-state index contributed by atoms with van der Waals surface area (Å²) >= 11 is 0. The predicted octanol–water partition coefficient (Wildman–Crippen LogP) is 2.98. The molecule has 2 N–H and O–H groups in total. The number of nitrogens with zero attached hydrogens (tertiary/aromatic N) is 3. The number of hydrogen-bond donors (Lipinski definition) is 2. The minimum absolute atomic E-state index is 0.0212. The fraction of sp³-hybridized carbons (Fsp3) is 0.545. The normalized spacial score (nSPS) is 16.7. The third-order valence-electron chi connectivity index (χ3n) is 5.32. The molecule has 0 bridgehead atoms. The van der Waals surface area contributed by atoms with Crippen LogP contribution < -0.4 is 15.8 Å². The Balaban J connectivity index is 1.74. The largest absolute Gasteiger partial charge is 0.354 e. The standard InChI is InChI=1S/C22H31N5O2/c1-6-15-9-17(21(28)23-11-15)22(29)24-16-7-8-27(12-16)19-10-18(13(2)3)25-20(26-19)14(4)5/h9-11,13-14,16H,6-8,12H2,1-5H3,(H,23,28)(H,24,29)/t16-/m0/s1. The molecule has 0 saturated carbocycles. The smallest absolute Gasteiger partial charge is 0.260 e. The topological polar surface area (TPSA) is 91.0 Å². The van der Waals surface area contributed by atoms with Gasteiger partial charge in [-0.2, -0.15) is 0 Å². The van der Waals surface area contributed by atoms with E-state index in [9.17, 15) is 9.59 Å². The number of carbonyl (C=O) groups excluding carboxylic acids is 1. The average molecular weight is 398 g/mol. The van der Waals surface area contributed by atoms with Crippen LogP contribution in [0.4, 0.5) is 5.82 Å². The molecule has 0 spiro atoms. The monoisotopic (exact) mass is 397 g/mol. The van der Waals surface area contributed by atoms with Gasteiger partial charge in [-0.15, -0.1) is 0 Å². The molecule has 0 radical (unpaired) electrons. The lowest BCUT2D eigenvalue weighted by Crippen LogP contribution is -2.39. The quantitative estimate of drug-likeness (QED) is 0.782. The summed E-state index contributed by atoms with van der Waals surface area (Å²) in [6.45, 7) is 11.9. The zero-order valence-electron chi connectivity index (χ0n) is 18.0. The van der Waals surface area contributed by atoms with Gasteiger partial charge < -0.3 is 15.2 Å². The zero-order valence-corrected chi connectivity index (χ0v) is 18.0. The minimum Gasteiger partial charge on any atom is -0.354 e. The van der Waals surface area contributed by atoms with Crippen LogP contribution in [0, 0.1) is 0 Å². The Labute approximate surface area is 172 Å².